The van der Waals surface area contributed by atoms with Gasteiger partial charge in [0.15, 0.2) is 11.5 Å². The molecule has 2 aromatic carbocycles. The lowest BCUT2D eigenvalue weighted by Gasteiger charge is -2.17. The first kappa shape index (κ1) is 21.6. The van der Waals surface area contributed by atoms with Gasteiger partial charge in [-0.05, 0) is 62.9 Å². The molecule has 0 aliphatic heterocycles. The van der Waals surface area contributed by atoms with Crippen molar-refractivity contribution in [3.05, 3.63) is 47.5 Å². The summed E-state index contributed by atoms with van der Waals surface area (Å²) in [5.74, 6) is 1.82. The van der Waals surface area contributed by atoms with E-state index >= 15 is 0 Å². The lowest BCUT2D eigenvalue weighted by molar-refractivity contribution is 0.102. The Balaban J connectivity index is 2.28. The zero-order chi connectivity index (χ0) is 20.5. The molecule has 1 N–H and O–H groups in total. The van der Waals surface area contributed by atoms with E-state index in [2.05, 4.69) is 31.3 Å². The zero-order valence-electron chi connectivity index (χ0n) is 17.5. The molecule has 0 aliphatic rings. The van der Waals surface area contributed by atoms with E-state index in [1.807, 2.05) is 32.9 Å². The maximum absolute atomic E-state index is 12.8. The van der Waals surface area contributed by atoms with Crippen LogP contribution in [0.4, 0.5) is 5.69 Å². The van der Waals surface area contributed by atoms with Crippen LogP contribution in [0.25, 0.3) is 0 Å². The van der Waals surface area contributed by atoms with Crippen LogP contribution in [0, 0.1) is 0 Å². The van der Waals surface area contributed by atoms with Gasteiger partial charge in [0.2, 0.25) is 5.75 Å². The normalized spacial score (nSPS) is 11.6. The fourth-order valence-electron chi connectivity index (χ4n) is 2.85. The smallest absolute Gasteiger partial charge is 0.255 e. The van der Waals surface area contributed by atoms with Crippen molar-refractivity contribution in [2.24, 2.45) is 0 Å². The standard InChI is InChI=1S/C23H31NO4/c1-6-16(5)17-10-12-19(13-11-17)24-23(25)18-14-20(26-7-2)22(28-9-4)21(15-18)27-8-3/h10-16H,6-9H2,1-5H3,(H,24,25)/t16-/m0/s1. The number of hydrogen-bond acceptors (Lipinski definition) is 4. The molecule has 0 saturated carbocycles. The summed E-state index contributed by atoms with van der Waals surface area (Å²) in [4.78, 5) is 12.8. The minimum Gasteiger partial charge on any atom is -0.490 e. The third-order valence-electron chi connectivity index (χ3n) is 4.52. The van der Waals surface area contributed by atoms with Crippen molar-refractivity contribution in [2.45, 2.75) is 47.0 Å². The van der Waals surface area contributed by atoms with Gasteiger partial charge in [0.05, 0.1) is 19.8 Å². The van der Waals surface area contributed by atoms with Gasteiger partial charge in [0.25, 0.3) is 5.91 Å². The largest absolute Gasteiger partial charge is 0.490 e. The van der Waals surface area contributed by atoms with Crippen LogP contribution in [0.1, 0.15) is 62.9 Å². The molecule has 0 aliphatic carbocycles. The maximum Gasteiger partial charge on any atom is 0.255 e. The Hall–Kier alpha value is -2.69. The van der Waals surface area contributed by atoms with Gasteiger partial charge in [0.1, 0.15) is 0 Å². The summed E-state index contributed by atoms with van der Waals surface area (Å²) in [5.41, 5.74) is 2.47. The average molecular weight is 386 g/mol. The molecule has 0 radical (unpaired) electrons. The molecule has 152 valence electrons. The lowest BCUT2D eigenvalue weighted by Crippen LogP contribution is -2.13. The number of nitrogens with one attached hydrogen (secondary N) is 1. The highest BCUT2D eigenvalue weighted by molar-refractivity contribution is 6.05. The van der Waals surface area contributed by atoms with Gasteiger partial charge in [0, 0.05) is 11.3 Å². The van der Waals surface area contributed by atoms with Crippen molar-refractivity contribution >= 4 is 11.6 Å². The van der Waals surface area contributed by atoms with E-state index in [1.54, 1.807) is 12.1 Å². The van der Waals surface area contributed by atoms with Crippen LogP contribution in [0.3, 0.4) is 0 Å². The molecule has 28 heavy (non-hydrogen) atoms. The molecule has 0 fully saturated rings. The molecule has 0 saturated heterocycles. The summed E-state index contributed by atoms with van der Waals surface area (Å²) < 4.78 is 17.1. The van der Waals surface area contributed by atoms with Crippen molar-refractivity contribution in [2.75, 3.05) is 25.1 Å². The fourth-order valence-corrected chi connectivity index (χ4v) is 2.85. The van der Waals surface area contributed by atoms with Crippen molar-refractivity contribution < 1.29 is 19.0 Å². The number of amides is 1. The van der Waals surface area contributed by atoms with Crippen LogP contribution >= 0.6 is 0 Å². The van der Waals surface area contributed by atoms with Crippen LogP contribution in [0.5, 0.6) is 17.2 Å². The molecule has 1 amide bonds. The summed E-state index contributed by atoms with van der Waals surface area (Å²) in [7, 11) is 0. The third kappa shape index (κ3) is 5.41. The van der Waals surface area contributed by atoms with Crippen LogP contribution < -0.4 is 19.5 Å². The highest BCUT2D eigenvalue weighted by atomic mass is 16.5. The van der Waals surface area contributed by atoms with E-state index in [0.717, 1.165) is 12.1 Å². The zero-order valence-corrected chi connectivity index (χ0v) is 17.5. The van der Waals surface area contributed by atoms with Gasteiger partial charge >= 0.3 is 0 Å². The van der Waals surface area contributed by atoms with Crippen LogP contribution in [-0.4, -0.2) is 25.7 Å². The number of anilines is 1. The van der Waals surface area contributed by atoms with Crippen LogP contribution in [-0.2, 0) is 0 Å². The summed E-state index contributed by atoms with van der Waals surface area (Å²) in [6.07, 6.45) is 1.08. The Kier molecular flexibility index (Phi) is 8.18. The first-order valence-corrected chi connectivity index (χ1v) is 10.0. The number of carbonyl (C=O) groups excluding carboxylic acids is 1. The Labute approximate surface area is 168 Å². The van der Waals surface area contributed by atoms with E-state index in [1.165, 1.54) is 5.56 Å². The highest BCUT2D eigenvalue weighted by Crippen LogP contribution is 2.39. The molecular formula is C23H31NO4. The molecule has 0 heterocycles. The maximum atomic E-state index is 12.8. The van der Waals surface area contributed by atoms with Gasteiger partial charge in [-0.15, -0.1) is 0 Å². The number of carbonyl (C=O) groups is 1. The van der Waals surface area contributed by atoms with E-state index in [-0.39, 0.29) is 5.91 Å². The van der Waals surface area contributed by atoms with E-state index in [4.69, 9.17) is 14.2 Å². The summed E-state index contributed by atoms with van der Waals surface area (Å²) in [6, 6.07) is 11.4. The lowest BCUT2D eigenvalue weighted by atomic mass is 9.98. The minimum atomic E-state index is -0.221. The quantitative estimate of drug-likeness (QED) is 0.574. The number of ether oxygens (including phenoxy) is 3. The molecule has 0 unspecified atom stereocenters. The van der Waals surface area contributed by atoms with Crippen molar-refractivity contribution in [3.8, 4) is 17.2 Å². The second kappa shape index (κ2) is 10.6. The minimum absolute atomic E-state index is 0.221. The summed E-state index contributed by atoms with van der Waals surface area (Å²) in [6.45, 7) is 11.4. The first-order chi connectivity index (χ1) is 13.5. The molecule has 1 atom stereocenters. The molecular weight excluding hydrogens is 354 g/mol. The average Bonchev–Trinajstić information content (AvgIpc) is 2.70. The van der Waals surface area contributed by atoms with Crippen molar-refractivity contribution in [1.82, 2.24) is 0 Å². The molecule has 5 nitrogen and oxygen atoms in total. The topological polar surface area (TPSA) is 56.8 Å². The van der Waals surface area contributed by atoms with E-state index in [0.29, 0.717) is 48.6 Å². The van der Waals surface area contributed by atoms with Gasteiger partial charge in [-0.25, -0.2) is 0 Å². The van der Waals surface area contributed by atoms with Gasteiger partial charge in [-0.1, -0.05) is 26.0 Å². The van der Waals surface area contributed by atoms with Crippen molar-refractivity contribution in [3.63, 3.8) is 0 Å². The molecule has 0 spiro atoms. The number of benzene rings is 2. The van der Waals surface area contributed by atoms with Crippen LogP contribution in [0.2, 0.25) is 0 Å². The Morgan fingerprint density at radius 2 is 1.43 bits per heavy atom. The van der Waals surface area contributed by atoms with Gasteiger partial charge < -0.3 is 19.5 Å². The highest BCUT2D eigenvalue weighted by Gasteiger charge is 2.18. The summed E-state index contributed by atoms with van der Waals surface area (Å²) in [5, 5.41) is 2.94. The fraction of sp³-hybridized carbons (Fsp3) is 0.435. The molecule has 0 bridgehead atoms. The third-order valence-corrected chi connectivity index (χ3v) is 4.52. The predicted molar refractivity (Wildman–Crippen MR) is 113 cm³/mol. The Bertz CT molecular complexity index is 744. The molecule has 2 aromatic rings. The molecule has 0 aromatic heterocycles. The van der Waals surface area contributed by atoms with Crippen molar-refractivity contribution in [1.29, 1.82) is 0 Å². The number of hydrogen-bond donors (Lipinski definition) is 1. The number of rotatable bonds is 10. The monoisotopic (exact) mass is 385 g/mol. The molecule has 2 rings (SSSR count). The first-order valence-electron chi connectivity index (χ1n) is 10.0. The second-order valence-corrected chi connectivity index (χ2v) is 6.49. The Morgan fingerprint density at radius 3 is 1.89 bits per heavy atom. The van der Waals surface area contributed by atoms with Gasteiger partial charge in [-0.3, -0.25) is 4.79 Å². The van der Waals surface area contributed by atoms with Gasteiger partial charge in [-0.2, -0.15) is 0 Å². The predicted octanol–water partition coefficient (Wildman–Crippen LogP) is 5.65. The van der Waals surface area contributed by atoms with E-state index < -0.39 is 0 Å². The molecule has 5 heteroatoms. The Morgan fingerprint density at radius 1 is 0.893 bits per heavy atom. The van der Waals surface area contributed by atoms with E-state index in [9.17, 15) is 4.79 Å². The SMILES string of the molecule is CCOc1cc(C(=O)Nc2ccc([C@@H](C)CC)cc2)cc(OCC)c1OCC. The summed E-state index contributed by atoms with van der Waals surface area (Å²) >= 11 is 0. The second-order valence-electron chi connectivity index (χ2n) is 6.49. The van der Waals surface area contributed by atoms with Crippen LogP contribution in [0.15, 0.2) is 36.4 Å².